The third kappa shape index (κ3) is 4.09. The van der Waals surface area contributed by atoms with Crippen molar-refractivity contribution in [2.75, 3.05) is 11.1 Å². The van der Waals surface area contributed by atoms with Crippen molar-refractivity contribution in [1.82, 2.24) is 9.55 Å². The minimum absolute atomic E-state index is 0.0104. The van der Waals surface area contributed by atoms with Gasteiger partial charge in [0.25, 0.3) is 0 Å². The molecule has 0 bridgehead atoms. The van der Waals surface area contributed by atoms with E-state index in [0.29, 0.717) is 17.0 Å². The Morgan fingerprint density at radius 3 is 2.67 bits per heavy atom. The van der Waals surface area contributed by atoms with Crippen LogP contribution in [-0.2, 0) is 6.54 Å². The van der Waals surface area contributed by atoms with Gasteiger partial charge in [-0.2, -0.15) is 0 Å². The Hall–Kier alpha value is -2.28. The number of benzene rings is 1. The molecule has 110 valence electrons. The number of imidazole rings is 1. The number of Topliss-reactive ketones (excluding diaryl/α,β-unsaturated/α-hetero) is 1. The number of thioether (sulfide) groups is 1. The molecule has 0 spiro atoms. The zero-order chi connectivity index (χ0) is 15.2. The number of hydrogen-bond donors (Lipinski definition) is 2. The van der Waals surface area contributed by atoms with Gasteiger partial charge in [0.2, 0.25) is 0 Å². The monoisotopic (exact) mass is 304 g/mol. The molecule has 0 aliphatic rings. The summed E-state index contributed by atoms with van der Waals surface area (Å²) in [7, 11) is 0. The summed E-state index contributed by atoms with van der Waals surface area (Å²) in [6, 6.07) is 6.00. The number of aryl methyl sites for hydroxylation is 1. The number of nitrogens with two attached hydrogens (primary N) is 1. The Morgan fingerprint density at radius 1 is 1.33 bits per heavy atom. The lowest BCUT2D eigenvalue weighted by Gasteiger charge is -2.05. The van der Waals surface area contributed by atoms with E-state index in [-0.39, 0.29) is 5.78 Å². The number of carbonyl (C=O) groups is 2. The van der Waals surface area contributed by atoms with Gasteiger partial charge >= 0.3 is 6.03 Å². The molecule has 0 fully saturated rings. The molecule has 21 heavy (non-hydrogen) atoms. The number of carbonyl (C=O) groups excluding carboxylic acids is 2. The quantitative estimate of drug-likeness (QED) is 0.633. The number of rotatable bonds is 6. The molecule has 0 unspecified atom stereocenters. The van der Waals surface area contributed by atoms with Crippen molar-refractivity contribution in [3.63, 3.8) is 0 Å². The fraction of sp³-hybridized carbons (Fsp3) is 0.214. The van der Waals surface area contributed by atoms with Gasteiger partial charge in [-0.1, -0.05) is 11.8 Å². The molecule has 0 atom stereocenters. The molecule has 2 rings (SSSR count). The lowest BCUT2D eigenvalue weighted by atomic mass is 10.1. The minimum Gasteiger partial charge on any atom is -0.351 e. The van der Waals surface area contributed by atoms with E-state index in [4.69, 9.17) is 5.73 Å². The second kappa shape index (κ2) is 6.94. The summed E-state index contributed by atoms with van der Waals surface area (Å²) in [5, 5.41) is 3.28. The van der Waals surface area contributed by atoms with E-state index < -0.39 is 6.03 Å². The average Bonchev–Trinajstić information content (AvgIpc) is 2.92. The number of nitrogens with one attached hydrogen (secondary N) is 1. The molecule has 1 aromatic carbocycles. The zero-order valence-electron chi connectivity index (χ0n) is 11.6. The summed E-state index contributed by atoms with van der Waals surface area (Å²) >= 11 is 1.41. The van der Waals surface area contributed by atoms with Crippen LogP contribution in [0, 0.1) is 0 Å². The lowest BCUT2D eigenvalue weighted by molar-refractivity contribution is 0.102. The molecule has 2 amide bonds. The summed E-state index contributed by atoms with van der Waals surface area (Å²) in [5.74, 6) is 0.329. The summed E-state index contributed by atoms with van der Waals surface area (Å²) < 4.78 is 1.98. The van der Waals surface area contributed by atoms with Gasteiger partial charge in [-0.05, 0) is 31.2 Å². The summed E-state index contributed by atoms with van der Waals surface area (Å²) in [4.78, 5) is 27.0. The molecule has 6 nitrogen and oxygen atoms in total. The van der Waals surface area contributed by atoms with Crippen LogP contribution in [-0.4, -0.2) is 27.1 Å². The van der Waals surface area contributed by atoms with Crippen LogP contribution in [0.4, 0.5) is 10.5 Å². The number of hydrogen-bond acceptors (Lipinski definition) is 4. The summed E-state index contributed by atoms with van der Waals surface area (Å²) in [6.45, 7) is 2.85. The predicted molar refractivity (Wildman–Crippen MR) is 82.6 cm³/mol. The van der Waals surface area contributed by atoms with Gasteiger partial charge in [0.05, 0.1) is 5.75 Å². The highest BCUT2D eigenvalue weighted by Crippen LogP contribution is 2.18. The van der Waals surface area contributed by atoms with Crippen LogP contribution < -0.4 is 11.1 Å². The average molecular weight is 304 g/mol. The van der Waals surface area contributed by atoms with Crippen molar-refractivity contribution in [2.24, 2.45) is 5.73 Å². The minimum atomic E-state index is -0.629. The topological polar surface area (TPSA) is 90.0 Å². The maximum Gasteiger partial charge on any atom is 0.316 e. The first kappa shape index (κ1) is 15.1. The third-order valence-electron chi connectivity index (χ3n) is 2.82. The second-order valence-corrected chi connectivity index (χ2v) is 5.22. The zero-order valence-corrected chi connectivity index (χ0v) is 12.4. The van der Waals surface area contributed by atoms with E-state index in [1.807, 2.05) is 17.7 Å². The summed E-state index contributed by atoms with van der Waals surface area (Å²) in [5.41, 5.74) is 6.18. The van der Waals surface area contributed by atoms with Crippen molar-refractivity contribution in [3.8, 4) is 0 Å². The summed E-state index contributed by atoms with van der Waals surface area (Å²) in [6.07, 6.45) is 3.61. The SMILES string of the molecule is CCn1ccnc1SCC(=O)c1ccc(NC(N)=O)cc1. The van der Waals surface area contributed by atoms with E-state index in [0.717, 1.165) is 11.7 Å². The number of primary amides is 1. The van der Waals surface area contributed by atoms with E-state index in [1.165, 1.54) is 11.8 Å². The van der Waals surface area contributed by atoms with E-state index in [9.17, 15) is 9.59 Å². The Kier molecular flexibility index (Phi) is 4.99. The normalized spacial score (nSPS) is 10.3. The highest BCUT2D eigenvalue weighted by molar-refractivity contribution is 7.99. The molecule has 0 radical (unpaired) electrons. The molecule has 0 aliphatic heterocycles. The molecular formula is C14H16N4O2S. The van der Waals surface area contributed by atoms with Gasteiger partial charge in [0, 0.05) is 30.2 Å². The maximum absolute atomic E-state index is 12.1. The van der Waals surface area contributed by atoms with Crippen molar-refractivity contribution >= 4 is 29.3 Å². The third-order valence-corrected chi connectivity index (χ3v) is 3.83. The van der Waals surface area contributed by atoms with Crippen LogP contribution in [0.25, 0.3) is 0 Å². The first-order valence-corrected chi connectivity index (χ1v) is 7.42. The maximum atomic E-state index is 12.1. The van der Waals surface area contributed by atoms with Crippen molar-refractivity contribution < 1.29 is 9.59 Å². The Labute approximate surface area is 126 Å². The van der Waals surface area contributed by atoms with Crippen LogP contribution in [0.5, 0.6) is 0 Å². The number of amides is 2. The van der Waals surface area contributed by atoms with Crippen molar-refractivity contribution in [1.29, 1.82) is 0 Å². The van der Waals surface area contributed by atoms with Crippen LogP contribution >= 0.6 is 11.8 Å². The second-order valence-electron chi connectivity index (χ2n) is 4.27. The Bertz CT molecular complexity index is 637. The van der Waals surface area contributed by atoms with Gasteiger partial charge < -0.3 is 15.6 Å². The van der Waals surface area contributed by atoms with E-state index in [1.54, 1.807) is 30.5 Å². The van der Waals surface area contributed by atoms with E-state index >= 15 is 0 Å². The molecule has 0 saturated carbocycles. The first-order chi connectivity index (χ1) is 10.1. The number of anilines is 1. The van der Waals surface area contributed by atoms with Gasteiger partial charge in [-0.25, -0.2) is 9.78 Å². The first-order valence-electron chi connectivity index (χ1n) is 6.43. The van der Waals surface area contributed by atoms with Gasteiger partial charge in [-0.15, -0.1) is 0 Å². The molecule has 0 aliphatic carbocycles. The molecule has 7 heteroatoms. The van der Waals surface area contributed by atoms with Crippen LogP contribution in [0.1, 0.15) is 17.3 Å². The largest absolute Gasteiger partial charge is 0.351 e. The van der Waals surface area contributed by atoms with E-state index in [2.05, 4.69) is 10.3 Å². The van der Waals surface area contributed by atoms with Crippen LogP contribution in [0.15, 0.2) is 41.8 Å². The van der Waals surface area contributed by atoms with Crippen molar-refractivity contribution in [3.05, 3.63) is 42.2 Å². The van der Waals surface area contributed by atoms with Crippen LogP contribution in [0.2, 0.25) is 0 Å². The Balaban J connectivity index is 1.95. The number of nitrogens with zero attached hydrogens (tertiary/aromatic N) is 2. The van der Waals surface area contributed by atoms with Gasteiger partial charge in [0.15, 0.2) is 10.9 Å². The lowest BCUT2D eigenvalue weighted by Crippen LogP contribution is -2.19. The standard InChI is InChI=1S/C14H16N4O2S/c1-2-18-8-7-16-14(18)21-9-12(19)10-3-5-11(6-4-10)17-13(15)20/h3-8H,2,9H2,1H3,(H3,15,17,20). The number of aromatic nitrogens is 2. The predicted octanol–water partition coefficient (Wildman–Crippen LogP) is 2.37. The van der Waals surface area contributed by atoms with Gasteiger partial charge in [-0.3, -0.25) is 4.79 Å². The molecule has 2 aromatic rings. The molecule has 1 aromatic heterocycles. The van der Waals surface area contributed by atoms with Gasteiger partial charge in [0.1, 0.15) is 0 Å². The number of urea groups is 1. The number of ketones is 1. The molecule has 3 N–H and O–H groups in total. The Morgan fingerprint density at radius 2 is 2.05 bits per heavy atom. The smallest absolute Gasteiger partial charge is 0.316 e. The molecule has 1 heterocycles. The fourth-order valence-electron chi connectivity index (χ4n) is 1.77. The highest BCUT2D eigenvalue weighted by Gasteiger charge is 2.09. The highest BCUT2D eigenvalue weighted by atomic mass is 32.2. The van der Waals surface area contributed by atoms with Crippen LogP contribution in [0.3, 0.4) is 0 Å². The molecular weight excluding hydrogens is 288 g/mol. The molecule has 0 saturated heterocycles. The van der Waals surface area contributed by atoms with Crippen molar-refractivity contribution in [2.45, 2.75) is 18.6 Å². The fourth-order valence-corrected chi connectivity index (χ4v) is 2.69.